The number of rotatable bonds is 5. The molecule has 0 aliphatic carbocycles. The predicted octanol–water partition coefficient (Wildman–Crippen LogP) is 9.23. The maximum Gasteiger partial charge on any atom is 0.0520 e. The zero-order valence-electron chi connectivity index (χ0n) is 17.6. The van der Waals surface area contributed by atoms with E-state index in [0.29, 0.717) is 0 Å². The molecular formula is C28H23NS2. The summed E-state index contributed by atoms with van der Waals surface area (Å²) in [5, 5.41) is 4.33. The summed E-state index contributed by atoms with van der Waals surface area (Å²) in [5.41, 5.74) is 8.57. The van der Waals surface area contributed by atoms with Gasteiger partial charge < -0.3 is 4.90 Å². The predicted molar refractivity (Wildman–Crippen MR) is 137 cm³/mol. The SMILES string of the molecule is Cc1ccc(N(c2ccc(C)cc2)c2ccc(-c3ccsc3-c3cccs3)cc2)cc1. The second-order valence-corrected chi connectivity index (χ2v) is 9.56. The van der Waals surface area contributed by atoms with Crippen LogP contribution in [-0.2, 0) is 0 Å². The van der Waals surface area contributed by atoms with E-state index in [1.54, 1.807) is 11.3 Å². The van der Waals surface area contributed by atoms with Crippen LogP contribution in [0.4, 0.5) is 17.1 Å². The fraction of sp³-hybridized carbons (Fsp3) is 0.0714. The highest BCUT2D eigenvalue weighted by atomic mass is 32.1. The number of anilines is 3. The first-order chi connectivity index (χ1) is 15.2. The van der Waals surface area contributed by atoms with Crippen molar-refractivity contribution in [1.29, 1.82) is 0 Å². The van der Waals surface area contributed by atoms with Crippen molar-refractivity contribution in [1.82, 2.24) is 0 Å². The van der Waals surface area contributed by atoms with Crippen molar-refractivity contribution < 1.29 is 0 Å². The first-order valence-corrected chi connectivity index (χ1v) is 12.1. The number of benzene rings is 3. The summed E-state index contributed by atoms with van der Waals surface area (Å²) >= 11 is 3.61. The van der Waals surface area contributed by atoms with Crippen LogP contribution in [0.1, 0.15) is 11.1 Å². The summed E-state index contributed by atoms with van der Waals surface area (Å²) < 4.78 is 0. The summed E-state index contributed by atoms with van der Waals surface area (Å²) in [7, 11) is 0. The van der Waals surface area contributed by atoms with Gasteiger partial charge in [0, 0.05) is 27.5 Å². The standard InChI is InChI=1S/C28H23NS2/c1-20-5-11-23(12-6-20)29(24-13-7-21(2)8-14-24)25-15-9-22(10-16-25)26-17-19-31-28(26)27-4-3-18-30-27/h3-19H,1-2H3. The molecule has 0 radical (unpaired) electrons. The average Bonchev–Trinajstić information content (AvgIpc) is 3.49. The van der Waals surface area contributed by atoms with Gasteiger partial charge in [-0.25, -0.2) is 0 Å². The molecule has 2 aromatic heterocycles. The highest BCUT2D eigenvalue weighted by Gasteiger charge is 2.14. The van der Waals surface area contributed by atoms with E-state index < -0.39 is 0 Å². The molecule has 0 fully saturated rings. The summed E-state index contributed by atoms with van der Waals surface area (Å²) in [5.74, 6) is 0. The van der Waals surface area contributed by atoms with Gasteiger partial charge in [0.25, 0.3) is 0 Å². The molecule has 5 rings (SSSR count). The Bertz CT molecular complexity index is 1220. The molecule has 0 unspecified atom stereocenters. The van der Waals surface area contributed by atoms with E-state index in [1.807, 2.05) is 11.3 Å². The van der Waals surface area contributed by atoms with Crippen LogP contribution in [0.15, 0.2) is 102 Å². The Morgan fingerprint density at radius 2 is 1.10 bits per heavy atom. The molecule has 0 aliphatic heterocycles. The van der Waals surface area contributed by atoms with Crippen molar-refractivity contribution in [3.8, 4) is 20.9 Å². The van der Waals surface area contributed by atoms with E-state index in [-0.39, 0.29) is 0 Å². The number of aryl methyl sites for hydroxylation is 2. The Kier molecular flexibility index (Phi) is 5.46. The fourth-order valence-corrected chi connectivity index (χ4v) is 5.56. The minimum atomic E-state index is 1.16. The summed E-state index contributed by atoms with van der Waals surface area (Å²) in [6.45, 7) is 4.25. The van der Waals surface area contributed by atoms with Crippen LogP contribution in [-0.4, -0.2) is 0 Å². The van der Waals surface area contributed by atoms with Crippen molar-refractivity contribution in [3.63, 3.8) is 0 Å². The quantitative estimate of drug-likeness (QED) is 0.265. The smallest absolute Gasteiger partial charge is 0.0520 e. The Morgan fingerprint density at radius 3 is 1.61 bits per heavy atom. The van der Waals surface area contributed by atoms with Crippen molar-refractivity contribution in [3.05, 3.63) is 113 Å². The summed E-state index contributed by atoms with van der Waals surface area (Å²) in [4.78, 5) is 4.99. The zero-order valence-corrected chi connectivity index (χ0v) is 19.2. The summed E-state index contributed by atoms with van der Waals surface area (Å²) in [6.07, 6.45) is 0. The van der Waals surface area contributed by atoms with Crippen LogP contribution < -0.4 is 4.90 Å². The molecule has 3 heteroatoms. The van der Waals surface area contributed by atoms with E-state index in [2.05, 4.69) is 121 Å². The van der Waals surface area contributed by atoms with Crippen LogP contribution in [0.25, 0.3) is 20.9 Å². The number of thiophene rings is 2. The third-order valence-electron chi connectivity index (χ3n) is 5.43. The lowest BCUT2D eigenvalue weighted by molar-refractivity contribution is 1.27. The minimum absolute atomic E-state index is 1.16. The van der Waals surface area contributed by atoms with Crippen molar-refractivity contribution in [2.75, 3.05) is 4.90 Å². The van der Waals surface area contributed by atoms with E-state index in [0.717, 1.165) is 17.1 Å². The van der Waals surface area contributed by atoms with E-state index in [9.17, 15) is 0 Å². The fourth-order valence-electron chi connectivity index (χ4n) is 3.76. The highest BCUT2D eigenvalue weighted by molar-refractivity contribution is 7.20. The lowest BCUT2D eigenvalue weighted by Gasteiger charge is -2.26. The molecular weight excluding hydrogens is 414 g/mol. The van der Waals surface area contributed by atoms with Crippen LogP contribution >= 0.6 is 22.7 Å². The average molecular weight is 438 g/mol. The molecule has 2 heterocycles. The van der Waals surface area contributed by atoms with E-state index >= 15 is 0 Å². The first-order valence-electron chi connectivity index (χ1n) is 10.3. The van der Waals surface area contributed by atoms with Gasteiger partial charge in [-0.15, -0.1) is 22.7 Å². The molecule has 0 saturated carbocycles. The second kappa shape index (κ2) is 8.54. The van der Waals surface area contributed by atoms with Gasteiger partial charge in [0.1, 0.15) is 0 Å². The topological polar surface area (TPSA) is 3.24 Å². The Hall–Kier alpha value is -3.14. The largest absolute Gasteiger partial charge is 0.311 e. The third-order valence-corrected chi connectivity index (χ3v) is 7.40. The molecule has 5 aromatic rings. The van der Waals surface area contributed by atoms with E-state index in [4.69, 9.17) is 0 Å². The maximum atomic E-state index is 2.32. The van der Waals surface area contributed by atoms with Gasteiger partial charge in [-0.1, -0.05) is 53.6 Å². The molecule has 3 aromatic carbocycles. The number of hydrogen-bond donors (Lipinski definition) is 0. The Balaban J connectivity index is 1.55. The summed E-state index contributed by atoms with van der Waals surface area (Å²) in [6, 6.07) is 32.9. The molecule has 0 spiro atoms. The van der Waals surface area contributed by atoms with Gasteiger partial charge in [-0.05, 0) is 78.7 Å². The number of hydrogen-bond acceptors (Lipinski definition) is 3. The molecule has 0 bridgehead atoms. The Labute approximate surface area is 191 Å². The first kappa shape index (κ1) is 19.8. The molecule has 31 heavy (non-hydrogen) atoms. The van der Waals surface area contributed by atoms with Gasteiger partial charge in [-0.2, -0.15) is 0 Å². The van der Waals surface area contributed by atoms with Crippen molar-refractivity contribution in [2.45, 2.75) is 13.8 Å². The second-order valence-electron chi connectivity index (χ2n) is 7.69. The van der Waals surface area contributed by atoms with Crippen LogP contribution in [0.2, 0.25) is 0 Å². The lowest BCUT2D eigenvalue weighted by atomic mass is 10.0. The lowest BCUT2D eigenvalue weighted by Crippen LogP contribution is -2.09. The van der Waals surface area contributed by atoms with Gasteiger partial charge in [0.2, 0.25) is 0 Å². The molecule has 0 saturated heterocycles. The van der Waals surface area contributed by atoms with Crippen molar-refractivity contribution >= 4 is 39.7 Å². The molecule has 0 amide bonds. The normalized spacial score (nSPS) is 10.9. The van der Waals surface area contributed by atoms with Gasteiger partial charge in [0.05, 0.1) is 4.88 Å². The van der Waals surface area contributed by atoms with Gasteiger partial charge in [0.15, 0.2) is 0 Å². The van der Waals surface area contributed by atoms with Gasteiger partial charge in [-0.3, -0.25) is 0 Å². The monoisotopic (exact) mass is 437 g/mol. The molecule has 0 atom stereocenters. The molecule has 1 nitrogen and oxygen atoms in total. The maximum absolute atomic E-state index is 2.32. The minimum Gasteiger partial charge on any atom is -0.311 e. The Morgan fingerprint density at radius 1 is 0.548 bits per heavy atom. The molecule has 0 aliphatic rings. The van der Waals surface area contributed by atoms with Crippen LogP contribution in [0.3, 0.4) is 0 Å². The third kappa shape index (κ3) is 4.07. The van der Waals surface area contributed by atoms with Gasteiger partial charge >= 0.3 is 0 Å². The molecule has 152 valence electrons. The molecule has 0 N–H and O–H groups in total. The van der Waals surface area contributed by atoms with Crippen LogP contribution in [0, 0.1) is 13.8 Å². The van der Waals surface area contributed by atoms with Crippen LogP contribution in [0.5, 0.6) is 0 Å². The van der Waals surface area contributed by atoms with Crippen molar-refractivity contribution in [2.24, 2.45) is 0 Å². The van der Waals surface area contributed by atoms with E-state index in [1.165, 1.54) is 32.0 Å². The number of nitrogens with zero attached hydrogens (tertiary/aromatic N) is 1. The highest BCUT2D eigenvalue weighted by Crippen LogP contribution is 2.41. The zero-order chi connectivity index (χ0) is 21.2.